The van der Waals surface area contributed by atoms with Crippen molar-refractivity contribution in [2.24, 2.45) is 0 Å². The summed E-state index contributed by atoms with van der Waals surface area (Å²) < 4.78 is 9.36. The predicted octanol–water partition coefficient (Wildman–Crippen LogP) is 1.13. The van der Waals surface area contributed by atoms with Crippen LogP contribution in [0.25, 0.3) is 0 Å². The van der Waals surface area contributed by atoms with E-state index in [-0.39, 0.29) is 23.3 Å². The molecular weight excluding hydrogens is 242 g/mol. The maximum Gasteiger partial charge on any atom is 0.310 e. The third kappa shape index (κ3) is 2.82. The maximum absolute atomic E-state index is 11.2. The third-order valence-corrected chi connectivity index (χ3v) is 2.30. The lowest BCUT2D eigenvalue weighted by Crippen LogP contribution is -2.08. The van der Waals surface area contributed by atoms with Crippen LogP contribution in [0.5, 0.6) is 5.75 Å². The number of rotatable bonds is 5. The molecule has 0 saturated heterocycles. The third-order valence-electron chi connectivity index (χ3n) is 2.30. The summed E-state index contributed by atoms with van der Waals surface area (Å²) in [6.07, 6.45) is 0.0479. The highest BCUT2D eigenvalue weighted by molar-refractivity contribution is 5.85. The highest BCUT2D eigenvalue weighted by Gasteiger charge is 2.23. The van der Waals surface area contributed by atoms with Crippen LogP contribution in [0.4, 0.5) is 5.69 Å². The van der Waals surface area contributed by atoms with E-state index < -0.39 is 16.6 Å². The predicted molar refractivity (Wildman–Crippen MR) is 60.8 cm³/mol. The standard InChI is InChI=1S/C11H11NO6/c1-17-9-3-7(5-10(14)18-2)11(12(15)16)8(4-9)6-13/h3-4,6H,5H2,1-2H3. The zero-order chi connectivity index (χ0) is 13.7. The Labute approximate surface area is 102 Å². The zero-order valence-corrected chi connectivity index (χ0v) is 9.84. The quantitative estimate of drug-likeness (QED) is 0.338. The first-order valence-electron chi connectivity index (χ1n) is 4.90. The van der Waals surface area contributed by atoms with E-state index in [0.717, 1.165) is 0 Å². The molecule has 18 heavy (non-hydrogen) atoms. The van der Waals surface area contributed by atoms with Crippen molar-refractivity contribution >= 4 is 17.9 Å². The minimum Gasteiger partial charge on any atom is -0.497 e. The van der Waals surface area contributed by atoms with Crippen LogP contribution in [0.1, 0.15) is 15.9 Å². The summed E-state index contributed by atoms with van der Waals surface area (Å²) in [7, 11) is 2.53. The summed E-state index contributed by atoms with van der Waals surface area (Å²) in [6, 6.07) is 2.58. The Morgan fingerprint density at radius 1 is 1.44 bits per heavy atom. The average molecular weight is 253 g/mol. The second-order valence-corrected chi connectivity index (χ2v) is 3.35. The number of hydrogen-bond acceptors (Lipinski definition) is 6. The number of benzene rings is 1. The van der Waals surface area contributed by atoms with Crippen molar-refractivity contribution in [3.05, 3.63) is 33.4 Å². The highest BCUT2D eigenvalue weighted by Crippen LogP contribution is 2.28. The number of aldehydes is 1. The van der Waals surface area contributed by atoms with Crippen LogP contribution < -0.4 is 4.74 Å². The first kappa shape index (κ1) is 13.6. The smallest absolute Gasteiger partial charge is 0.310 e. The lowest BCUT2D eigenvalue weighted by atomic mass is 10.0. The molecule has 0 fully saturated rings. The van der Waals surface area contributed by atoms with Crippen molar-refractivity contribution in [1.82, 2.24) is 0 Å². The zero-order valence-electron chi connectivity index (χ0n) is 9.84. The SMILES string of the molecule is COC(=O)Cc1cc(OC)cc(C=O)c1[N+](=O)[O-]. The fourth-order valence-electron chi connectivity index (χ4n) is 1.48. The maximum atomic E-state index is 11.2. The van der Waals surface area contributed by atoms with E-state index in [1.165, 1.54) is 26.4 Å². The van der Waals surface area contributed by atoms with Crippen molar-refractivity contribution < 1.29 is 24.0 Å². The molecular formula is C11H11NO6. The molecule has 7 nitrogen and oxygen atoms in total. The second-order valence-electron chi connectivity index (χ2n) is 3.35. The van der Waals surface area contributed by atoms with E-state index in [0.29, 0.717) is 6.29 Å². The summed E-state index contributed by atoms with van der Waals surface area (Å²) in [5, 5.41) is 10.9. The van der Waals surface area contributed by atoms with Gasteiger partial charge in [0.1, 0.15) is 5.75 Å². The Hall–Kier alpha value is -2.44. The van der Waals surface area contributed by atoms with E-state index in [1.54, 1.807) is 0 Å². The molecule has 0 atom stereocenters. The van der Waals surface area contributed by atoms with Crippen molar-refractivity contribution in [3.8, 4) is 5.75 Å². The first-order valence-corrected chi connectivity index (χ1v) is 4.90. The molecule has 0 heterocycles. The number of nitro groups is 1. The van der Waals surface area contributed by atoms with Crippen LogP contribution in [0.2, 0.25) is 0 Å². The molecule has 7 heteroatoms. The van der Waals surface area contributed by atoms with Crippen molar-refractivity contribution in [1.29, 1.82) is 0 Å². The van der Waals surface area contributed by atoms with Gasteiger partial charge in [0.05, 0.1) is 31.1 Å². The Morgan fingerprint density at radius 3 is 2.56 bits per heavy atom. The van der Waals surface area contributed by atoms with Gasteiger partial charge in [-0.15, -0.1) is 0 Å². The minimum atomic E-state index is -0.707. The molecule has 0 unspecified atom stereocenters. The molecule has 0 bridgehead atoms. The van der Waals surface area contributed by atoms with Crippen LogP contribution in [0.15, 0.2) is 12.1 Å². The van der Waals surface area contributed by atoms with Gasteiger partial charge >= 0.3 is 5.97 Å². The number of carbonyl (C=O) groups is 2. The monoisotopic (exact) mass is 253 g/mol. The van der Waals surface area contributed by atoms with Gasteiger partial charge in [-0.05, 0) is 12.1 Å². The number of hydrogen-bond donors (Lipinski definition) is 0. The summed E-state index contributed by atoms with van der Waals surface area (Å²) in [4.78, 5) is 32.2. The molecule has 1 aromatic rings. The van der Waals surface area contributed by atoms with Crippen LogP contribution in [0, 0.1) is 10.1 Å². The number of esters is 1. The topological polar surface area (TPSA) is 95.7 Å². The number of nitrogens with zero attached hydrogens (tertiary/aromatic N) is 1. The molecule has 0 spiro atoms. The van der Waals surface area contributed by atoms with Gasteiger partial charge in [0, 0.05) is 5.56 Å². The molecule has 0 aliphatic heterocycles. The number of ether oxygens (including phenoxy) is 2. The van der Waals surface area contributed by atoms with Gasteiger partial charge in [-0.1, -0.05) is 0 Å². The second kappa shape index (κ2) is 5.76. The Balaban J connectivity index is 3.38. The fraction of sp³-hybridized carbons (Fsp3) is 0.273. The lowest BCUT2D eigenvalue weighted by Gasteiger charge is -2.07. The van der Waals surface area contributed by atoms with Gasteiger partial charge in [-0.3, -0.25) is 19.7 Å². The van der Waals surface area contributed by atoms with Gasteiger partial charge in [0.15, 0.2) is 6.29 Å². The molecule has 0 radical (unpaired) electrons. The van der Waals surface area contributed by atoms with Gasteiger partial charge in [-0.25, -0.2) is 0 Å². The Bertz CT molecular complexity index is 497. The van der Waals surface area contributed by atoms with Crippen molar-refractivity contribution in [3.63, 3.8) is 0 Å². The first-order chi connectivity index (χ1) is 8.53. The van der Waals surface area contributed by atoms with Gasteiger partial charge < -0.3 is 9.47 Å². The molecule has 0 aliphatic carbocycles. The Kier molecular flexibility index (Phi) is 4.36. The van der Waals surface area contributed by atoms with Crippen LogP contribution in [0.3, 0.4) is 0 Å². The lowest BCUT2D eigenvalue weighted by molar-refractivity contribution is -0.385. The molecule has 0 saturated carbocycles. The molecule has 1 rings (SSSR count). The summed E-state index contributed by atoms with van der Waals surface area (Å²) in [5.74, 6) is -0.371. The van der Waals surface area contributed by atoms with E-state index in [2.05, 4.69) is 4.74 Å². The Morgan fingerprint density at radius 2 is 2.11 bits per heavy atom. The highest BCUT2D eigenvalue weighted by atomic mass is 16.6. The number of methoxy groups -OCH3 is 2. The molecule has 0 N–H and O–H groups in total. The van der Waals surface area contributed by atoms with Gasteiger partial charge in [0.25, 0.3) is 5.69 Å². The van der Waals surface area contributed by atoms with Crippen molar-refractivity contribution in [2.45, 2.75) is 6.42 Å². The van der Waals surface area contributed by atoms with Crippen LogP contribution >= 0.6 is 0 Å². The van der Waals surface area contributed by atoms with E-state index >= 15 is 0 Å². The molecule has 0 aliphatic rings. The van der Waals surface area contributed by atoms with Crippen LogP contribution in [-0.4, -0.2) is 31.4 Å². The number of carbonyl (C=O) groups excluding carboxylic acids is 2. The van der Waals surface area contributed by atoms with Gasteiger partial charge in [0.2, 0.25) is 0 Å². The van der Waals surface area contributed by atoms with E-state index in [1.807, 2.05) is 0 Å². The normalized spacial score (nSPS) is 9.67. The number of nitro benzene ring substituents is 1. The minimum absolute atomic E-state index is 0.0771. The molecule has 0 amide bonds. The average Bonchev–Trinajstić information content (AvgIpc) is 2.36. The molecule has 96 valence electrons. The van der Waals surface area contributed by atoms with Crippen LogP contribution in [-0.2, 0) is 16.0 Å². The molecule has 0 aromatic heterocycles. The fourth-order valence-corrected chi connectivity index (χ4v) is 1.48. The summed E-state index contributed by atoms with van der Waals surface area (Å²) in [5.41, 5.74) is -0.470. The van der Waals surface area contributed by atoms with E-state index in [4.69, 9.17) is 4.74 Å². The van der Waals surface area contributed by atoms with Crippen molar-refractivity contribution in [2.75, 3.05) is 14.2 Å². The largest absolute Gasteiger partial charge is 0.497 e. The van der Waals surface area contributed by atoms with E-state index in [9.17, 15) is 19.7 Å². The summed E-state index contributed by atoms with van der Waals surface area (Å²) in [6.45, 7) is 0. The molecule has 1 aromatic carbocycles. The summed E-state index contributed by atoms with van der Waals surface area (Å²) >= 11 is 0. The van der Waals surface area contributed by atoms with Gasteiger partial charge in [-0.2, -0.15) is 0 Å².